The van der Waals surface area contributed by atoms with Gasteiger partial charge in [-0.1, -0.05) is 67.9 Å². The first kappa shape index (κ1) is 32.7. The zero-order valence-corrected chi connectivity index (χ0v) is 25.2. The van der Waals surface area contributed by atoms with E-state index in [1.165, 1.54) is 6.07 Å². The lowest BCUT2D eigenvalue weighted by molar-refractivity contribution is -0.141. The quantitative estimate of drug-likeness (QED) is 0.238. The summed E-state index contributed by atoms with van der Waals surface area (Å²) < 4.78 is 53.3. The van der Waals surface area contributed by atoms with E-state index in [4.69, 9.17) is 0 Å². The van der Waals surface area contributed by atoms with Crippen molar-refractivity contribution in [2.45, 2.75) is 58.5 Å². The Kier molecular flexibility index (Phi) is 12.0. The summed E-state index contributed by atoms with van der Waals surface area (Å²) in [6.45, 7) is 4.53. The molecule has 3 aromatic rings. The highest BCUT2D eigenvalue weighted by Gasteiger charge is 2.30. The number of benzene rings is 3. The number of rotatable bonds is 15. The third-order valence-electron chi connectivity index (χ3n) is 7.05. The van der Waals surface area contributed by atoms with Gasteiger partial charge in [0.05, 0.1) is 11.9 Å². The smallest absolute Gasteiger partial charge is 0.243 e. The Bertz CT molecular complexity index is 1450. The normalized spacial score (nSPS) is 12.0. The Morgan fingerprint density at radius 2 is 1.62 bits per heavy atom. The SMILES string of the molecule is CCCCNC(=O)[C@@H](Cc1ccccc1)N(Cc1ccccc1C)C(=O)CCCN(c1ccc(F)c(F)c1)S(C)(=O)=O. The molecule has 0 aromatic heterocycles. The van der Waals surface area contributed by atoms with E-state index in [2.05, 4.69) is 5.32 Å². The molecule has 0 saturated heterocycles. The summed E-state index contributed by atoms with van der Waals surface area (Å²) in [6.07, 6.45) is 3.03. The minimum absolute atomic E-state index is 0.0297. The van der Waals surface area contributed by atoms with Crippen molar-refractivity contribution in [3.63, 3.8) is 0 Å². The molecule has 0 saturated carbocycles. The van der Waals surface area contributed by atoms with Gasteiger partial charge in [-0.05, 0) is 48.6 Å². The highest BCUT2D eigenvalue weighted by atomic mass is 32.2. The van der Waals surface area contributed by atoms with Crippen LogP contribution in [0.1, 0.15) is 49.3 Å². The minimum Gasteiger partial charge on any atom is -0.354 e. The average Bonchev–Trinajstić information content (AvgIpc) is 2.95. The Labute approximate surface area is 247 Å². The van der Waals surface area contributed by atoms with Crippen molar-refractivity contribution >= 4 is 27.5 Å². The number of carbonyl (C=O) groups is 2. The molecule has 10 heteroatoms. The van der Waals surface area contributed by atoms with Crippen molar-refractivity contribution in [1.82, 2.24) is 10.2 Å². The fraction of sp³-hybridized carbons (Fsp3) is 0.375. The maximum absolute atomic E-state index is 13.9. The number of aryl methyl sites for hydroxylation is 1. The molecule has 0 radical (unpaired) electrons. The molecule has 1 atom stereocenters. The first-order valence-electron chi connectivity index (χ1n) is 14.1. The van der Waals surface area contributed by atoms with E-state index in [1.807, 2.05) is 68.4 Å². The van der Waals surface area contributed by atoms with Crippen LogP contribution in [0.2, 0.25) is 0 Å². The number of carbonyl (C=O) groups excluding carboxylic acids is 2. The molecule has 1 N–H and O–H groups in total. The molecule has 3 aromatic carbocycles. The van der Waals surface area contributed by atoms with E-state index in [-0.39, 0.29) is 43.4 Å². The van der Waals surface area contributed by atoms with Gasteiger partial charge in [0, 0.05) is 38.5 Å². The van der Waals surface area contributed by atoms with Crippen LogP contribution in [-0.4, -0.2) is 50.5 Å². The van der Waals surface area contributed by atoms with Crippen molar-refractivity contribution in [1.29, 1.82) is 0 Å². The molecular weight excluding hydrogens is 560 g/mol. The molecule has 7 nitrogen and oxygen atoms in total. The van der Waals surface area contributed by atoms with Gasteiger partial charge in [0.25, 0.3) is 0 Å². The Balaban J connectivity index is 1.88. The maximum Gasteiger partial charge on any atom is 0.243 e. The van der Waals surface area contributed by atoms with E-state index in [0.717, 1.165) is 52.2 Å². The van der Waals surface area contributed by atoms with Gasteiger partial charge in [0.15, 0.2) is 11.6 Å². The first-order chi connectivity index (χ1) is 20.0. The monoisotopic (exact) mass is 599 g/mol. The molecule has 0 spiro atoms. The molecule has 2 amide bonds. The van der Waals surface area contributed by atoms with Gasteiger partial charge in [-0.3, -0.25) is 13.9 Å². The van der Waals surface area contributed by atoms with E-state index >= 15 is 0 Å². The van der Waals surface area contributed by atoms with E-state index in [0.29, 0.717) is 13.0 Å². The standard InChI is InChI=1S/C32H39F2N3O4S/c1-4-5-19-35-32(39)30(21-25-13-7-6-8-14-25)36(23-26-15-10-9-12-24(26)2)31(38)16-11-20-37(42(3,40)41)27-17-18-28(33)29(34)22-27/h6-10,12-15,17-18,22,30H,4-5,11,16,19-21,23H2,1-3H3,(H,35,39)/t30-/m1/s1. The molecule has 0 unspecified atom stereocenters. The fourth-order valence-electron chi connectivity index (χ4n) is 4.68. The molecule has 42 heavy (non-hydrogen) atoms. The fourth-order valence-corrected chi connectivity index (χ4v) is 5.63. The number of hydrogen-bond donors (Lipinski definition) is 1. The summed E-state index contributed by atoms with van der Waals surface area (Å²) in [7, 11) is -3.85. The van der Waals surface area contributed by atoms with Gasteiger partial charge in [0.1, 0.15) is 6.04 Å². The number of sulfonamides is 1. The van der Waals surface area contributed by atoms with Crippen molar-refractivity contribution in [3.05, 3.63) is 101 Å². The second-order valence-corrected chi connectivity index (χ2v) is 12.2. The number of halogens is 2. The Morgan fingerprint density at radius 3 is 2.26 bits per heavy atom. The van der Waals surface area contributed by atoms with Crippen LogP contribution >= 0.6 is 0 Å². The summed E-state index contributed by atoms with van der Waals surface area (Å²) >= 11 is 0. The van der Waals surface area contributed by atoms with Crippen LogP contribution < -0.4 is 9.62 Å². The van der Waals surface area contributed by atoms with Crippen LogP contribution in [0.5, 0.6) is 0 Å². The van der Waals surface area contributed by atoms with Gasteiger partial charge in [0.2, 0.25) is 21.8 Å². The second-order valence-electron chi connectivity index (χ2n) is 10.3. The number of anilines is 1. The van der Waals surface area contributed by atoms with Gasteiger partial charge >= 0.3 is 0 Å². The van der Waals surface area contributed by atoms with E-state index < -0.39 is 27.7 Å². The predicted molar refractivity (Wildman–Crippen MR) is 161 cm³/mol. The van der Waals surface area contributed by atoms with E-state index in [1.54, 1.807) is 4.90 Å². The lowest BCUT2D eigenvalue weighted by Crippen LogP contribution is -2.50. The van der Waals surface area contributed by atoms with Gasteiger partial charge < -0.3 is 10.2 Å². The van der Waals surface area contributed by atoms with E-state index in [9.17, 15) is 26.8 Å². The van der Waals surface area contributed by atoms with Crippen molar-refractivity contribution in [2.24, 2.45) is 0 Å². The highest BCUT2D eigenvalue weighted by molar-refractivity contribution is 7.92. The van der Waals surface area contributed by atoms with Crippen molar-refractivity contribution in [2.75, 3.05) is 23.7 Å². The molecule has 0 heterocycles. The lowest BCUT2D eigenvalue weighted by atomic mass is 10.0. The summed E-state index contributed by atoms with van der Waals surface area (Å²) in [5.41, 5.74) is 2.74. The van der Waals surface area contributed by atoms with Crippen LogP contribution in [0.25, 0.3) is 0 Å². The van der Waals surface area contributed by atoms with Crippen LogP contribution in [0.15, 0.2) is 72.8 Å². The number of amides is 2. The Morgan fingerprint density at radius 1 is 0.929 bits per heavy atom. The Hall–Kier alpha value is -3.79. The van der Waals surface area contributed by atoms with Crippen LogP contribution in [0.3, 0.4) is 0 Å². The number of hydrogen-bond acceptors (Lipinski definition) is 4. The first-order valence-corrected chi connectivity index (χ1v) is 15.9. The van der Waals surface area contributed by atoms with Crippen LogP contribution in [0, 0.1) is 18.6 Å². The summed E-state index contributed by atoms with van der Waals surface area (Å²) in [5, 5.41) is 2.98. The third kappa shape index (κ3) is 9.37. The van der Waals surface area contributed by atoms with Crippen LogP contribution in [0.4, 0.5) is 14.5 Å². The molecule has 0 aliphatic heterocycles. The summed E-state index contributed by atoms with van der Waals surface area (Å²) in [6, 6.07) is 19.2. The zero-order chi connectivity index (χ0) is 30.7. The molecule has 0 aliphatic rings. The number of nitrogens with zero attached hydrogens (tertiary/aromatic N) is 2. The molecule has 0 bridgehead atoms. The average molecular weight is 600 g/mol. The lowest BCUT2D eigenvalue weighted by Gasteiger charge is -2.32. The predicted octanol–water partition coefficient (Wildman–Crippen LogP) is 5.38. The van der Waals surface area contributed by atoms with Gasteiger partial charge in [-0.2, -0.15) is 0 Å². The maximum atomic E-state index is 13.9. The molecule has 0 aliphatic carbocycles. The zero-order valence-electron chi connectivity index (χ0n) is 24.4. The molecule has 226 valence electrons. The minimum atomic E-state index is -3.85. The number of nitrogens with one attached hydrogen (secondary N) is 1. The van der Waals surface area contributed by atoms with Crippen molar-refractivity contribution in [3.8, 4) is 0 Å². The van der Waals surface area contributed by atoms with Crippen LogP contribution in [-0.2, 0) is 32.6 Å². The second kappa shape index (κ2) is 15.4. The van der Waals surface area contributed by atoms with Gasteiger partial charge in [-0.25, -0.2) is 17.2 Å². The molecular formula is C32H39F2N3O4S. The highest BCUT2D eigenvalue weighted by Crippen LogP contribution is 2.22. The molecule has 3 rings (SSSR count). The summed E-state index contributed by atoms with van der Waals surface area (Å²) in [5.74, 6) is -2.83. The molecule has 0 fully saturated rings. The van der Waals surface area contributed by atoms with Crippen molar-refractivity contribution < 1.29 is 26.8 Å². The largest absolute Gasteiger partial charge is 0.354 e. The number of unbranched alkanes of at least 4 members (excludes halogenated alkanes) is 1. The third-order valence-corrected chi connectivity index (χ3v) is 8.24. The topological polar surface area (TPSA) is 86.8 Å². The van der Waals surface area contributed by atoms with Gasteiger partial charge in [-0.15, -0.1) is 0 Å². The summed E-state index contributed by atoms with van der Waals surface area (Å²) in [4.78, 5) is 29.0.